The molecule has 0 spiro atoms. The fourth-order valence-electron chi connectivity index (χ4n) is 7.44. The van der Waals surface area contributed by atoms with Gasteiger partial charge < -0.3 is 0 Å². The standard InChI is InChI=1S/C52H41P/c1-6-16-42(17-7-1)38-40-53(41-39-43-18-8-2-9-19-43,50-32-26-47(27-33-50)44-20-10-3-11-21-44,51-34-28-48(29-35-51)45-22-12-4-13-23-45)52-36-30-49(31-37-52)46-24-14-5-15-25-46/h1-41H. The Morgan fingerprint density at radius 2 is 0.453 bits per heavy atom. The first kappa shape index (κ1) is 33.8. The number of hydrogen-bond acceptors (Lipinski definition) is 0. The van der Waals surface area contributed by atoms with E-state index < -0.39 is 6.60 Å². The van der Waals surface area contributed by atoms with Crippen molar-refractivity contribution in [2.45, 2.75) is 0 Å². The minimum atomic E-state index is -3.62. The van der Waals surface area contributed by atoms with E-state index in [1.54, 1.807) is 0 Å². The maximum atomic E-state index is 2.55. The zero-order valence-electron chi connectivity index (χ0n) is 29.6. The topological polar surface area (TPSA) is 0 Å². The zero-order valence-corrected chi connectivity index (χ0v) is 30.5. The summed E-state index contributed by atoms with van der Waals surface area (Å²) >= 11 is 0. The Bertz CT molecular complexity index is 2170. The number of rotatable bonds is 10. The molecule has 53 heavy (non-hydrogen) atoms. The van der Waals surface area contributed by atoms with Gasteiger partial charge in [-0.1, -0.05) is 0 Å². The van der Waals surface area contributed by atoms with E-state index in [2.05, 4.69) is 248 Å². The monoisotopic (exact) mass is 696 g/mol. The van der Waals surface area contributed by atoms with Crippen molar-refractivity contribution in [2.75, 3.05) is 0 Å². The normalized spacial score (nSPS) is 12.4. The van der Waals surface area contributed by atoms with Crippen molar-refractivity contribution < 1.29 is 0 Å². The molecule has 0 amide bonds. The van der Waals surface area contributed by atoms with Gasteiger partial charge in [0.25, 0.3) is 0 Å². The first-order valence-electron chi connectivity index (χ1n) is 18.2. The second-order valence-corrected chi connectivity index (χ2v) is 18.1. The van der Waals surface area contributed by atoms with Crippen molar-refractivity contribution in [3.05, 3.63) is 247 Å². The van der Waals surface area contributed by atoms with Gasteiger partial charge in [0.05, 0.1) is 0 Å². The molecule has 0 aliphatic rings. The fourth-order valence-corrected chi connectivity index (χ4v) is 12.8. The second kappa shape index (κ2) is 15.1. The summed E-state index contributed by atoms with van der Waals surface area (Å²) in [6.07, 6.45) is 4.68. The Morgan fingerprint density at radius 3 is 0.717 bits per heavy atom. The van der Waals surface area contributed by atoms with Crippen LogP contribution >= 0.6 is 6.60 Å². The Morgan fingerprint density at radius 1 is 0.226 bits per heavy atom. The van der Waals surface area contributed by atoms with Gasteiger partial charge in [-0.3, -0.25) is 0 Å². The Labute approximate surface area is 314 Å². The van der Waals surface area contributed by atoms with Gasteiger partial charge in [0, 0.05) is 0 Å². The van der Waals surface area contributed by atoms with Crippen molar-refractivity contribution in [1.82, 2.24) is 0 Å². The molecular formula is C52H41P. The molecule has 0 bridgehead atoms. The summed E-state index contributed by atoms with van der Waals surface area (Å²) in [4.78, 5) is 0. The van der Waals surface area contributed by atoms with Crippen LogP contribution in [0.5, 0.6) is 0 Å². The van der Waals surface area contributed by atoms with Crippen LogP contribution in [0.25, 0.3) is 45.5 Å². The molecule has 0 unspecified atom stereocenters. The van der Waals surface area contributed by atoms with Crippen LogP contribution in [0.3, 0.4) is 0 Å². The molecule has 8 aromatic rings. The average Bonchev–Trinajstić information content (AvgIpc) is 3.26. The molecule has 0 radical (unpaired) electrons. The predicted molar refractivity (Wildman–Crippen MR) is 232 cm³/mol. The van der Waals surface area contributed by atoms with Crippen molar-refractivity contribution in [3.8, 4) is 33.4 Å². The summed E-state index contributed by atoms with van der Waals surface area (Å²) in [7, 11) is 0. The van der Waals surface area contributed by atoms with Gasteiger partial charge in [0.1, 0.15) is 0 Å². The van der Waals surface area contributed by atoms with Crippen LogP contribution in [0.4, 0.5) is 0 Å². The van der Waals surface area contributed by atoms with E-state index in [0.29, 0.717) is 0 Å². The van der Waals surface area contributed by atoms with Gasteiger partial charge >= 0.3 is 315 Å². The first-order chi connectivity index (χ1) is 26.2. The first-order valence-corrected chi connectivity index (χ1v) is 20.6. The third-order valence-corrected chi connectivity index (χ3v) is 16.1. The van der Waals surface area contributed by atoms with Crippen LogP contribution in [-0.2, 0) is 0 Å². The fraction of sp³-hybridized carbons (Fsp3) is 0. The van der Waals surface area contributed by atoms with Crippen molar-refractivity contribution in [1.29, 1.82) is 0 Å². The van der Waals surface area contributed by atoms with Crippen LogP contribution in [0.1, 0.15) is 11.1 Å². The van der Waals surface area contributed by atoms with Gasteiger partial charge in [-0.05, 0) is 0 Å². The third-order valence-electron chi connectivity index (χ3n) is 10.3. The molecule has 0 saturated heterocycles. The van der Waals surface area contributed by atoms with Crippen LogP contribution in [-0.4, -0.2) is 0 Å². The number of benzene rings is 8. The van der Waals surface area contributed by atoms with E-state index in [1.807, 2.05) is 0 Å². The SMILES string of the molecule is C(=CP(C=Cc1ccccc1)(c1ccc(-c2ccccc2)cc1)(c1ccc(-c2ccccc2)cc1)c1ccc(-c2ccccc2)cc1)c1ccccc1. The molecule has 0 atom stereocenters. The predicted octanol–water partition coefficient (Wildman–Crippen LogP) is 12.9. The van der Waals surface area contributed by atoms with E-state index in [4.69, 9.17) is 0 Å². The maximum absolute atomic E-state index is 3.62. The van der Waals surface area contributed by atoms with Crippen LogP contribution in [0, 0.1) is 0 Å². The summed E-state index contributed by atoms with van der Waals surface area (Å²) in [6, 6.07) is 81.4. The van der Waals surface area contributed by atoms with E-state index in [-0.39, 0.29) is 0 Å². The molecule has 0 aliphatic carbocycles. The third kappa shape index (κ3) is 6.74. The molecule has 1 heteroatoms. The van der Waals surface area contributed by atoms with E-state index in [1.165, 1.54) is 49.3 Å². The van der Waals surface area contributed by atoms with Gasteiger partial charge in [0.2, 0.25) is 0 Å². The van der Waals surface area contributed by atoms with Crippen molar-refractivity contribution in [2.24, 2.45) is 0 Å². The summed E-state index contributed by atoms with van der Waals surface area (Å²) in [5.41, 5.74) is 9.54. The summed E-state index contributed by atoms with van der Waals surface area (Å²) in [6.45, 7) is -3.62. The van der Waals surface area contributed by atoms with Gasteiger partial charge in [-0.15, -0.1) is 0 Å². The number of hydrogen-bond donors (Lipinski definition) is 0. The zero-order chi connectivity index (χ0) is 35.8. The molecule has 8 rings (SSSR count). The van der Waals surface area contributed by atoms with Crippen LogP contribution in [0.2, 0.25) is 0 Å². The summed E-state index contributed by atoms with van der Waals surface area (Å²) < 4.78 is 0. The van der Waals surface area contributed by atoms with E-state index in [0.717, 1.165) is 11.1 Å². The molecule has 0 nitrogen and oxygen atoms in total. The molecule has 0 saturated carbocycles. The quantitative estimate of drug-likeness (QED) is 0.125. The van der Waals surface area contributed by atoms with E-state index >= 15 is 0 Å². The van der Waals surface area contributed by atoms with Gasteiger partial charge in [-0.2, -0.15) is 0 Å². The molecular weight excluding hydrogens is 656 g/mol. The van der Waals surface area contributed by atoms with Gasteiger partial charge in [-0.25, -0.2) is 0 Å². The Balaban J connectivity index is 1.46. The molecule has 0 fully saturated rings. The molecule has 0 heterocycles. The molecule has 0 aromatic heterocycles. The Hall–Kier alpha value is -6.33. The second-order valence-electron chi connectivity index (χ2n) is 13.5. The molecule has 8 aromatic carbocycles. The average molecular weight is 697 g/mol. The van der Waals surface area contributed by atoms with Crippen LogP contribution in [0.15, 0.2) is 236 Å². The van der Waals surface area contributed by atoms with Crippen LogP contribution < -0.4 is 15.9 Å². The molecule has 0 N–H and O–H groups in total. The van der Waals surface area contributed by atoms with Crippen molar-refractivity contribution >= 4 is 34.7 Å². The Kier molecular flexibility index (Phi) is 9.63. The van der Waals surface area contributed by atoms with E-state index in [9.17, 15) is 0 Å². The molecule has 0 aliphatic heterocycles. The van der Waals surface area contributed by atoms with Crippen molar-refractivity contribution in [3.63, 3.8) is 0 Å². The van der Waals surface area contributed by atoms with Gasteiger partial charge in [0.15, 0.2) is 0 Å². The summed E-state index contributed by atoms with van der Waals surface area (Å²) in [5.74, 6) is 5.10. The molecule has 254 valence electrons. The summed E-state index contributed by atoms with van der Waals surface area (Å²) in [5, 5.41) is 3.82. The minimum absolute atomic E-state index is 1.16.